The van der Waals surface area contributed by atoms with E-state index in [1.54, 1.807) is 18.2 Å². The second kappa shape index (κ2) is 7.41. The minimum absolute atomic E-state index is 0.0215. The summed E-state index contributed by atoms with van der Waals surface area (Å²) in [4.78, 5) is 14.2. The van der Waals surface area contributed by atoms with Gasteiger partial charge in [-0.1, -0.05) is 51.3 Å². The maximum Gasteiger partial charge on any atom is 0.176 e. The van der Waals surface area contributed by atoms with Crippen LogP contribution in [0.15, 0.2) is 46.9 Å². The van der Waals surface area contributed by atoms with Crippen molar-refractivity contribution in [2.45, 2.75) is 6.54 Å². The van der Waals surface area contributed by atoms with Crippen LogP contribution in [0, 0.1) is 0 Å². The van der Waals surface area contributed by atoms with Gasteiger partial charge in [-0.05, 0) is 42.9 Å². The minimum atomic E-state index is 0.0215. The maximum atomic E-state index is 12.2. The van der Waals surface area contributed by atoms with Gasteiger partial charge >= 0.3 is 0 Å². The third-order valence-electron chi connectivity index (χ3n) is 3.02. The monoisotopic (exact) mass is 385 g/mol. The number of ketones is 1. The highest BCUT2D eigenvalue weighted by molar-refractivity contribution is 9.10. The maximum absolute atomic E-state index is 12.2. The molecule has 2 rings (SSSR count). The van der Waals surface area contributed by atoms with Gasteiger partial charge in [0.15, 0.2) is 5.78 Å². The van der Waals surface area contributed by atoms with Gasteiger partial charge in [-0.15, -0.1) is 0 Å². The molecule has 21 heavy (non-hydrogen) atoms. The highest BCUT2D eigenvalue weighted by atomic mass is 79.9. The number of carbonyl (C=O) groups is 1. The number of rotatable bonds is 5. The average molecular weight is 387 g/mol. The van der Waals surface area contributed by atoms with Crippen molar-refractivity contribution in [3.8, 4) is 0 Å². The largest absolute Gasteiger partial charge is 0.295 e. The number of hydrogen-bond acceptors (Lipinski definition) is 2. The van der Waals surface area contributed by atoms with Gasteiger partial charge < -0.3 is 0 Å². The van der Waals surface area contributed by atoms with E-state index in [2.05, 4.69) is 15.9 Å². The molecule has 0 aliphatic rings. The predicted molar refractivity (Wildman–Crippen MR) is 91.3 cm³/mol. The first-order valence-electron chi connectivity index (χ1n) is 6.37. The molecule has 0 N–H and O–H groups in total. The van der Waals surface area contributed by atoms with E-state index < -0.39 is 0 Å². The van der Waals surface area contributed by atoms with Crippen LogP contribution in [-0.2, 0) is 6.54 Å². The van der Waals surface area contributed by atoms with Crippen molar-refractivity contribution in [2.24, 2.45) is 0 Å². The summed E-state index contributed by atoms with van der Waals surface area (Å²) < 4.78 is 1.04. The standard InChI is InChI=1S/C16H14BrCl2NO/c1-20(9-11-2-5-13(17)6-3-11)10-16(21)12-4-7-14(18)15(19)8-12/h2-8H,9-10H2,1H3. The number of Topliss-reactive ketones (excluding diaryl/α,β-unsaturated/α-hetero) is 1. The van der Waals surface area contributed by atoms with E-state index in [4.69, 9.17) is 23.2 Å². The lowest BCUT2D eigenvalue weighted by Gasteiger charge is -2.16. The number of hydrogen-bond donors (Lipinski definition) is 0. The van der Waals surface area contributed by atoms with Crippen molar-refractivity contribution in [1.82, 2.24) is 4.90 Å². The zero-order chi connectivity index (χ0) is 15.4. The first kappa shape index (κ1) is 16.5. The topological polar surface area (TPSA) is 20.3 Å². The summed E-state index contributed by atoms with van der Waals surface area (Å²) in [5, 5.41) is 0.856. The molecule has 2 aromatic rings. The lowest BCUT2D eigenvalue weighted by Crippen LogP contribution is -2.25. The predicted octanol–water partition coefficient (Wildman–Crippen LogP) is 5.07. The van der Waals surface area contributed by atoms with E-state index in [-0.39, 0.29) is 5.78 Å². The van der Waals surface area contributed by atoms with Gasteiger partial charge in [0, 0.05) is 16.6 Å². The SMILES string of the molecule is CN(CC(=O)c1ccc(Cl)c(Cl)c1)Cc1ccc(Br)cc1. The van der Waals surface area contributed by atoms with Gasteiger partial charge in [0.25, 0.3) is 0 Å². The Bertz CT molecular complexity index is 643. The second-order valence-electron chi connectivity index (χ2n) is 4.85. The van der Waals surface area contributed by atoms with Crippen molar-refractivity contribution >= 4 is 44.9 Å². The Labute approximate surface area is 142 Å². The summed E-state index contributed by atoms with van der Waals surface area (Å²) in [7, 11) is 1.91. The third-order valence-corrected chi connectivity index (χ3v) is 4.29. The van der Waals surface area contributed by atoms with E-state index in [9.17, 15) is 4.79 Å². The van der Waals surface area contributed by atoms with Crippen molar-refractivity contribution in [2.75, 3.05) is 13.6 Å². The molecule has 0 fully saturated rings. The van der Waals surface area contributed by atoms with Gasteiger partial charge in [0.05, 0.1) is 16.6 Å². The summed E-state index contributed by atoms with van der Waals surface area (Å²) in [5.41, 5.74) is 1.73. The lowest BCUT2D eigenvalue weighted by atomic mass is 10.1. The Kier molecular flexibility index (Phi) is 5.82. The molecule has 0 saturated carbocycles. The molecule has 0 amide bonds. The van der Waals surface area contributed by atoms with Gasteiger partial charge in [0.1, 0.15) is 0 Å². The van der Waals surface area contributed by atoms with E-state index in [1.165, 1.54) is 0 Å². The molecule has 0 saturated heterocycles. The van der Waals surface area contributed by atoms with Crippen molar-refractivity contribution in [1.29, 1.82) is 0 Å². The van der Waals surface area contributed by atoms with Crippen LogP contribution in [0.1, 0.15) is 15.9 Å². The van der Waals surface area contributed by atoms with E-state index in [1.807, 2.05) is 36.2 Å². The Morgan fingerprint density at radius 1 is 1.10 bits per heavy atom. The smallest absolute Gasteiger partial charge is 0.176 e. The molecule has 5 heteroatoms. The molecule has 0 radical (unpaired) electrons. The highest BCUT2D eigenvalue weighted by Gasteiger charge is 2.11. The first-order chi connectivity index (χ1) is 9.95. The van der Waals surface area contributed by atoms with Crippen molar-refractivity contribution in [3.63, 3.8) is 0 Å². The lowest BCUT2D eigenvalue weighted by molar-refractivity contribution is 0.0943. The molecular weight excluding hydrogens is 373 g/mol. The van der Waals surface area contributed by atoms with Crippen LogP contribution in [0.5, 0.6) is 0 Å². The quantitative estimate of drug-likeness (QED) is 0.668. The second-order valence-corrected chi connectivity index (χ2v) is 6.58. The molecular formula is C16H14BrCl2NO. The Hall–Kier alpha value is -0.870. The molecule has 0 aliphatic carbocycles. The van der Waals surface area contributed by atoms with Crippen LogP contribution in [-0.4, -0.2) is 24.3 Å². The molecule has 0 heterocycles. The molecule has 2 nitrogen and oxygen atoms in total. The van der Waals surface area contributed by atoms with Crippen LogP contribution >= 0.6 is 39.1 Å². The highest BCUT2D eigenvalue weighted by Crippen LogP contribution is 2.23. The summed E-state index contributed by atoms with van der Waals surface area (Å²) in [6, 6.07) is 13.0. The van der Waals surface area contributed by atoms with E-state index in [0.29, 0.717) is 28.7 Å². The fourth-order valence-electron chi connectivity index (χ4n) is 1.96. The first-order valence-corrected chi connectivity index (χ1v) is 7.92. The zero-order valence-electron chi connectivity index (χ0n) is 11.4. The average Bonchev–Trinajstić information content (AvgIpc) is 2.44. The van der Waals surface area contributed by atoms with Crippen LogP contribution < -0.4 is 0 Å². The molecule has 0 spiro atoms. The van der Waals surface area contributed by atoms with Crippen LogP contribution in [0.25, 0.3) is 0 Å². The third kappa shape index (κ3) is 4.82. The zero-order valence-corrected chi connectivity index (χ0v) is 14.5. The molecule has 0 aromatic heterocycles. The fraction of sp³-hybridized carbons (Fsp3) is 0.188. The number of carbonyl (C=O) groups excluding carboxylic acids is 1. The summed E-state index contributed by atoms with van der Waals surface area (Å²) in [6.45, 7) is 1.04. The van der Waals surface area contributed by atoms with Gasteiger partial charge in [-0.25, -0.2) is 0 Å². The number of benzene rings is 2. The number of likely N-dealkylation sites (N-methyl/N-ethyl adjacent to an activating group) is 1. The number of halogens is 3. The van der Waals surface area contributed by atoms with Gasteiger partial charge in [-0.2, -0.15) is 0 Å². The molecule has 0 unspecified atom stereocenters. The van der Waals surface area contributed by atoms with E-state index in [0.717, 1.165) is 10.0 Å². The summed E-state index contributed by atoms with van der Waals surface area (Å²) >= 11 is 15.2. The van der Waals surface area contributed by atoms with Gasteiger partial charge in [0.2, 0.25) is 0 Å². The van der Waals surface area contributed by atoms with Crippen LogP contribution in [0.2, 0.25) is 10.0 Å². The molecule has 0 bridgehead atoms. The number of nitrogens with zero attached hydrogens (tertiary/aromatic N) is 1. The molecule has 0 aliphatic heterocycles. The van der Waals surface area contributed by atoms with E-state index >= 15 is 0 Å². The minimum Gasteiger partial charge on any atom is -0.295 e. The molecule has 110 valence electrons. The summed E-state index contributed by atoms with van der Waals surface area (Å²) in [5.74, 6) is 0.0215. The normalized spacial score (nSPS) is 10.9. The molecule has 0 atom stereocenters. The molecule has 2 aromatic carbocycles. The Morgan fingerprint density at radius 3 is 2.38 bits per heavy atom. The Balaban J connectivity index is 1.98. The van der Waals surface area contributed by atoms with Crippen molar-refractivity contribution < 1.29 is 4.79 Å². The van der Waals surface area contributed by atoms with Crippen molar-refractivity contribution in [3.05, 3.63) is 68.1 Å². The Morgan fingerprint density at radius 2 is 1.76 bits per heavy atom. The fourth-order valence-corrected chi connectivity index (χ4v) is 2.53. The van der Waals surface area contributed by atoms with Crippen LogP contribution in [0.3, 0.4) is 0 Å². The van der Waals surface area contributed by atoms with Gasteiger partial charge in [-0.3, -0.25) is 9.69 Å². The van der Waals surface area contributed by atoms with Crippen LogP contribution in [0.4, 0.5) is 0 Å². The summed E-state index contributed by atoms with van der Waals surface area (Å²) in [6.07, 6.45) is 0.